The van der Waals surface area contributed by atoms with Crippen molar-refractivity contribution >= 4 is 11.8 Å². The van der Waals surface area contributed by atoms with Gasteiger partial charge in [-0.25, -0.2) is 28.2 Å². The first kappa shape index (κ1) is 27.4. The molecule has 1 saturated heterocycles. The SMILES string of the molecule is COCC[C@@H]1C[C@@H](NC(=O)Nc2c(C)c(-c3cnc(C)nc3)nn2-c2ccccc2)[C@H](c2ccc(F)c(F)c2)O1. The van der Waals surface area contributed by atoms with Gasteiger partial charge in [-0.1, -0.05) is 24.3 Å². The molecule has 4 aromatic rings. The first-order valence-corrected chi connectivity index (χ1v) is 12.9. The Morgan fingerprint density at radius 2 is 1.85 bits per heavy atom. The lowest BCUT2D eigenvalue weighted by atomic mass is 10.0. The molecular weight excluding hydrogens is 518 g/mol. The molecule has 208 valence electrons. The smallest absolute Gasteiger partial charge is 0.320 e. The number of hydrogen-bond donors (Lipinski definition) is 2. The van der Waals surface area contributed by atoms with Crippen molar-refractivity contribution < 1.29 is 23.0 Å². The summed E-state index contributed by atoms with van der Waals surface area (Å²) < 4.78 is 40.7. The Hall–Kier alpha value is -4.22. The monoisotopic (exact) mass is 548 g/mol. The van der Waals surface area contributed by atoms with Gasteiger partial charge in [-0.2, -0.15) is 5.10 Å². The van der Waals surface area contributed by atoms with Crippen LogP contribution in [0.5, 0.6) is 0 Å². The van der Waals surface area contributed by atoms with Gasteiger partial charge in [-0.15, -0.1) is 0 Å². The Balaban J connectivity index is 1.42. The van der Waals surface area contributed by atoms with E-state index < -0.39 is 29.8 Å². The number of halogens is 2. The van der Waals surface area contributed by atoms with Gasteiger partial charge < -0.3 is 14.8 Å². The predicted molar refractivity (Wildman–Crippen MR) is 145 cm³/mol. The molecule has 0 spiro atoms. The van der Waals surface area contributed by atoms with Crippen LogP contribution in [0.1, 0.15) is 35.9 Å². The fourth-order valence-corrected chi connectivity index (χ4v) is 4.83. The van der Waals surface area contributed by atoms with Gasteiger partial charge in [0.15, 0.2) is 11.6 Å². The maximum Gasteiger partial charge on any atom is 0.320 e. The quantitative estimate of drug-likeness (QED) is 0.311. The third kappa shape index (κ3) is 5.85. The summed E-state index contributed by atoms with van der Waals surface area (Å²) in [7, 11) is 1.60. The standard InChI is InChI=1S/C29H30F2N6O3/c1-17-26(20-15-32-18(2)33-16-20)36-37(21-7-5-4-6-8-21)28(17)35-29(38)34-25-14-22(11-12-39-3)40-27(25)19-9-10-23(30)24(31)13-19/h4-10,13,15-16,22,25,27H,11-12,14H2,1-3H3,(H2,34,35,38)/t22-,25-,27+/m1/s1. The van der Waals surface area contributed by atoms with Crippen LogP contribution in [-0.2, 0) is 9.47 Å². The zero-order valence-electron chi connectivity index (χ0n) is 22.4. The molecule has 0 radical (unpaired) electrons. The van der Waals surface area contributed by atoms with Crippen LogP contribution in [0.15, 0.2) is 60.9 Å². The molecule has 1 aliphatic heterocycles. The fraction of sp³-hybridized carbons (Fsp3) is 0.310. The third-order valence-electron chi connectivity index (χ3n) is 6.86. The Bertz CT molecular complexity index is 1480. The molecule has 1 fully saturated rings. The number of methoxy groups -OCH3 is 1. The van der Waals surface area contributed by atoms with Gasteiger partial charge in [0.1, 0.15) is 23.4 Å². The summed E-state index contributed by atoms with van der Waals surface area (Å²) in [6.07, 6.45) is 3.57. The summed E-state index contributed by atoms with van der Waals surface area (Å²) in [5.41, 5.74) is 3.26. The number of para-hydroxylation sites is 1. The molecule has 3 atom stereocenters. The van der Waals surface area contributed by atoms with Crippen molar-refractivity contribution in [3.63, 3.8) is 0 Å². The largest absolute Gasteiger partial charge is 0.385 e. The number of urea groups is 1. The first-order chi connectivity index (χ1) is 19.3. The number of aryl methyl sites for hydroxylation is 1. The second-order valence-corrected chi connectivity index (χ2v) is 9.66. The van der Waals surface area contributed by atoms with Crippen LogP contribution in [0.2, 0.25) is 0 Å². The van der Waals surface area contributed by atoms with Crippen molar-refractivity contribution in [2.75, 3.05) is 19.0 Å². The van der Waals surface area contributed by atoms with Crippen LogP contribution in [0.4, 0.5) is 19.4 Å². The van der Waals surface area contributed by atoms with Gasteiger partial charge >= 0.3 is 6.03 Å². The number of nitrogens with zero attached hydrogens (tertiary/aromatic N) is 4. The van der Waals surface area contributed by atoms with Crippen molar-refractivity contribution in [3.8, 4) is 16.9 Å². The number of carbonyl (C=O) groups excluding carboxylic acids is 1. The van der Waals surface area contributed by atoms with Gasteiger partial charge in [0.2, 0.25) is 0 Å². The third-order valence-corrected chi connectivity index (χ3v) is 6.86. The van der Waals surface area contributed by atoms with Crippen LogP contribution in [0, 0.1) is 25.5 Å². The predicted octanol–water partition coefficient (Wildman–Crippen LogP) is 5.28. The van der Waals surface area contributed by atoms with Gasteiger partial charge in [-0.05, 0) is 56.5 Å². The zero-order chi connectivity index (χ0) is 28.2. The maximum atomic E-state index is 14.1. The lowest BCUT2D eigenvalue weighted by molar-refractivity contribution is 0.0210. The first-order valence-electron chi connectivity index (χ1n) is 12.9. The molecule has 0 aliphatic carbocycles. The highest BCUT2D eigenvalue weighted by Crippen LogP contribution is 2.36. The summed E-state index contributed by atoms with van der Waals surface area (Å²) in [5, 5.41) is 10.7. The van der Waals surface area contributed by atoms with Crippen molar-refractivity contribution in [3.05, 3.63) is 89.5 Å². The van der Waals surface area contributed by atoms with E-state index in [9.17, 15) is 13.6 Å². The molecule has 5 rings (SSSR count). The molecule has 0 unspecified atom stereocenters. The molecule has 2 N–H and O–H groups in total. The van der Waals surface area contributed by atoms with E-state index in [0.29, 0.717) is 47.9 Å². The molecule has 11 heteroatoms. The Morgan fingerprint density at radius 1 is 1.10 bits per heavy atom. The summed E-state index contributed by atoms with van der Waals surface area (Å²) in [4.78, 5) is 22.0. The van der Waals surface area contributed by atoms with Crippen molar-refractivity contribution in [2.24, 2.45) is 0 Å². The van der Waals surface area contributed by atoms with E-state index in [-0.39, 0.29) is 6.10 Å². The number of ether oxygens (including phenoxy) is 2. The molecular formula is C29H30F2N6O3. The Morgan fingerprint density at radius 3 is 2.55 bits per heavy atom. The van der Waals surface area contributed by atoms with Crippen LogP contribution < -0.4 is 10.6 Å². The Kier molecular flexibility index (Phi) is 8.13. The van der Waals surface area contributed by atoms with Crippen LogP contribution in [0.3, 0.4) is 0 Å². The molecule has 0 saturated carbocycles. The number of benzene rings is 2. The lowest BCUT2D eigenvalue weighted by Crippen LogP contribution is -2.40. The fourth-order valence-electron chi connectivity index (χ4n) is 4.83. The van der Waals surface area contributed by atoms with Gasteiger partial charge in [0.05, 0.1) is 17.8 Å². The van der Waals surface area contributed by atoms with Crippen LogP contribution in [-0.4, -0.2) is 51.6 Å². The second-order valence-electron chi connectivity index (χ2n) is 9.66. The van der Waals surface area contributed by atoms with E-state index in [1.807, 2.05) is 37.3 Å². The number of carbonyl (C=O) groups is 1. The van der Waals surface area contributed by atoms with Gasteiger partial charge in [0, 0.05) is 37.2 Å². The summed E-state index contributed by atoms with van der Waals surface area (Å²) in [6.45, 7) is 4.13. The highest BCUT2D eigenvalue weighted by Gasteiger charge is 2.37. The second kappa shape index (κ2) is 11.9. The number of hydrogen-bond acceptors (Lipinski definition) is 6. The van der Waals surface area contributed by atoms with E-state index in [2.05, 4.69) is 20.6 Å². The summed E-state index contributed by atoms with van der Waals surface area (Å²) >= 11 is 0. The number of nitrogens with one attached hydrogen (secondary N) is 2. The van der Waals surface area contributed by atoms with Crippen molar-refractivity contribution in [2.45, 2.75) is 44.9 Å². The number of aromatic nitrogens is 4. The van der Waals surface area contributed by atoms with Crippen molar-refractivity contribution in [1.82, 2.24) is 25.1 Å². The molecule has 1 aliphatic rings. The molecule has 40 heavy (non-hydrogen) atoms. The minimum atomic E-state index is -0.973. The van der Waals surface area contributed by atoms with E-state index in [0.717, 1.165) is 23.4 Å². The summed E-state index contributed by atoms with van der Waals surface area (Å²) in [5.74, 6) is -0.808. The summed E-state index contributed by atoms with van der Waals surface area (Å²) in [6, 6.07) is 12.1. The van der Waals surface area contributed by atoms with E-state index in [1.165, 1.54) is 6.07 Å². The molecule has 2 aromatic heterocycles. The average Bonchev–Trinajstić information content (AvgIpc) is 3.50. The molecule has 2 amide bonds. The van der Waals surface area contributed by atoms with E-state index >= 15 is 0 Å². The highest BCUT2D eigenvalue weighted by atomic mass is 19.2. The maximum absolute atomic E-state index is 14.1. The van der Waals surface area contributed by atoms with Gasteiger partial charge in [-0.3, -0.25) is 5.32 Å². The number of rotatable bonds is 8. The zero-order valence-corrected chi connectivity index (χ0v) is 22.4. The van der Waals surface area contributed by atoms with Crippen LogP contribution >= 0.6 is 0 Å². The molecule has 0 bridgehead atoms. The molecule has 2 aromatic carbocycles. The molecule has 9 nitrogen and oxygen atoms in total. The normalized spacial score (nSPS) is 18.6. The van der Waals surface area contributed by atoms with E-state index in [4.69, 9.17) is 14.6 Å². The Labute approximate surface area is 230 Å². The highest BCUT2D eigenvalue weighted by molar-refractivity contribution is 5.91. The lowest BCUT2D eigenvalue weighted by Gasteiger charge is -2.21. The average molecular weight is 549 g/mol. The van der Waals surface area contributed by atoms with Crippen molar-refractivity contribution in [1.29, 1.82) is 0 Å². The topological polar surface area (TPSA) is 103 Å². The minimum absolute atomic E-state index is 0.229. The molecule has 3 heterocycles. The number of anilines is 1. The minimum Gasteiger partial charge on any atom is -0.385 e. The van der Waals surface area contributed by atoms with Gasteiger partial charge in [0.25, 0.3) is 0 Å². The van der Waals surface area contributed by atoms with Crippen LogP contribution in [0.25, 0.3) is 16.9 Å². The van der Waals surface area contributed by atoms with E-state index in [1.54, 1.807) is 31.1 Å². The number of amides is 2.